The van der Waals surface area contributed by atoms with Gasteiger partial charge in [0.1, 0.15) is 5.82 Å². The maximum atomic E-state index is 12.0. The van der Waals surface area contributed by atoms with E-state index >= 15 is 0 Å². The number of primary amides is 1. The topological polar surface area (TPSA) is 76.6 Å². The molecule has 7 heteroatoms. The number of rotatable bonds is 5. The molecule has 1 aromatic carbocycles. The van der Waals surface area contributed by atoms with Gasteiger partial charge in [0.2, 0.25) is 0 Å². The van der Waals surface area contributed by atoms with Gasteiger partial charge in [0.25, 0.3) is 0 Å². The molecule has 2 N–H and O–H groups in total. The average Bonchev–Trinajstić information content (AvgIpc) is 3.10. The normalized spacial score (nSPS) is 19.4. The molecule has 1 aromatic heterocycles. The smallest absolute Gasteiger partial charge is 0.324 e. The first kappa shape index (κ1) is 19.2. The molecule has 3 heterocycles. The number of carbonyl (C=O) groups is 1. The standard InChI is InChI=1S/C21H31N5O2/c1-2-3-4-20-23-18-15-17(5-6-19(18)26(20)21(22)27)24-9-7-16(8-10-24)25-11-13-28-14-12-25/h5-6,15-16H,2-4,7-14H2,1H3,(H2,22,27). The maximum absolute atomic E-state index is 12.0. The Kier molecular flexibility index (Phi) is 5.82. The predicted molar refractivity (Wildman–Crippen MR) is 111 cm³/mol. The molecule has 2 aliphatic heterocycles. The molecular weight excluding hydrogens is 354 g/mol. The second-order valence-corrected chi connectivity index (χ2v) is 7.84. The molecule has 0 unspecified atom stereocenters. The number of nitrogens with zero attached hydrogens (tertiary/aromatic N) is 4. The number of unbranched alkanes of at least 4 members (excludes halogenated alkanes) is 1. The zero-order chi connectivity index (χ0) is 19.5. The second kappa shape index (κ2) is 8.49. The van der Waals surface area contributed by atoms with E-state index in [1.54, 1.807) is 4.57 Å². The molecule has 0 atom stereocenters. The number of imidazole rings is 1. The van der Waals surface area contributed by atoms with E-state index < -0.39 is 6.03 Å². The molecule has 0 aliphatic carbocycles. The van der Waals surface area contributed by atoms with Gasteiger partial charge in [-0.05, 0) is 37.5 Å². The fraction of sp³-hybridized carbons (Fsp3) is 0.619. The van der Waals surface area contributed by atoms with Crippen molar-refractivity contribution >= 4 is 22.8 Å². The van der Waals surface area contributed by atoms with Crippen LogP contribution in [0.5, 0.6) is 0 Å². The molecule has 0 spiro atoms. The van der Waals surface area contributed by atoms with Gasteiger partial charge in [0, 0.05) is 44.3 Å². The molecule has 0 bridgehead atoms. The zero-order valence-corrected chi connectivity index (χ0v) is 16.8. The number of ether oxygens (including phenoxy) is 1. The molecule has 1 amide bonds. The predicted octanol–water partition coefficient (Wildman–Crippen LogP) is 2.61. The average molecular weight is 386 g/mol. The molecule has 0 radical (unpaired) electrons. The number of anilines is 1. The van der Waals surface area contributed by atoms with Crippen molar-refractivity contribution in [1.82, 2.24) is 14.5 Å². The SMILES string of the molecule is CCCCc1nc2cc(N3CCC(N4CCOCC4)CC3)ccc2n1C(N)=O. The number of benzene rings is 1. The van der Waals surface area contributed by atoms with E-state index in [2.05, 4.69) is 28.9 Å². The summed E-state index contributed by atoms with van der Waals surface area (Å²) in [7, 11) is 0. The van der Waals surface area contributed by atoms with Crippen molar-refractivity contribution in [3.05, 3.63) is 24.0 Å². The van der Waals surface area contributed by atoms with E-state index in [1.165, 1.54) is 18.5 Å². The van der Waals surface area contributed by atoms with Crippen LogP contribution in [0.15, 0.2) is 18.2 Å². The van der Waals surface area contributed by atoms with Gasteiger partial charge in [-0.3, -0.25) is 4.90 Å². The summed E-state index contributed by atoms with van der Waals surface area (Å²) in [5, 5.41) is 0. The number of fused-ring (bicyclic) bond motifs is 1. The highest BCUT2D eigenvalue weighted by atomic mass is 16.5. The van der Waals surface area contributed by atoms with Crippen molar-refractivity contribution in [3.8, 4) is 0 Å². The molecule has 28 heavy (non-hydrogen) atoms. The largest absolute Gasteiger partial charge is 0.379 e. The van der Waals surface area contributed by atoms with Crippen LogP contribution in [0.2, 0.25) is 0 Å². The summed E-state index contributed by atoms with van der Waals surface area (Å²) >= 11 is 0. The van der Waals surface area contributed by atoms with Gasteiger partial charge in [-0.2, -0.15) is 0 Å². The Balaban J connectivity index is 1.49. The highest BCUT2D eigenvalue weighted by Gasteiger charge is 2.26. The molecule has 2 fully saturated rings. The van der Waals surface area contributed by atoms with Gasteiger partial charge in [-0.15, -0.1) is 0 Å². The van der Waals surface area contributed by atoms with E-state index in [0.29, 0.717) is 6.04 Å². The minimum Gasteiger partial charge on any atom is -0.379 e. The van der Waals surface area contributed by atoms with Crippen molar-refractivity contribution in [2.24, 2.45) is 5.73 Å². The molecule has 4 rings (SSSR count). The molecule has 152 valence electrons. The molecule has 0 saturated carbocycles. The van der Waals surface area contributed by atoms with E-state index in [0.717, 1.165) is 75.5 Å². The van der Waals surface area contributed by atoms with E-state index in [1.807, 2.05) is 6.07 Å². The number of aromatic nitrogens is 2. The Morgan fingerprint density at radius 2 is 1.96 bits per heavy atom. The number of aryl methyl sites for hydroxylation is 1. The summed E-state index contributed by atoms with van der Waals surface area (Å²) in [6.45, 7) is 8.07. The number of piperidine rings is 1. The van der Waals surface area contributed by atoms with E-state index in [-0.39, 0.29) is 0 Å². The summed E-state index contributed by atoms with van der Waals surface area (Å²) in [5.74, 6) is 0.771. The number of hydrogen-bond donors (Lipinski definition) is 1. The summed E-state index contributed by atoms with van der Waals surface area (Å²) in [6, 6.07) is 6.42. The van der Waals surface area contributed by atoms with Crippen LogP contribution in [0.4, 0.5) is 10.5 Å². The van der Waals surface area contributed by atoms with Gasteiger partial charge in [-0.1, -0.05) is 13.3 Å². The molecule has 7 nitrogen and oxygen atoms in total. The van der Waals surface area contributed by atoms with Gasteiger partial charge in [-0.25, -0.2) is 14.3 Å². The third kappa shape index (κ3) is 3.86. The van der Waals surface area contributed by atoms with Crippen molar-refractivity contribution in [2.45, 2.75) is 45.1 Å². The number of morpholine rings is 1. The van der Waals surface area contributed by atoms with Crippen LogP contribution in [-0.2, 0) is 11.2 Å². The van der Waals surface area contributed by atoms with Crippen LogP contribution >= 0.6 is 0 Å². The Hall–Kier alpha value is -2.12. The van der Waals surface area contributed by atoms with Crippen molar-refractivity contribution in [3.63, 3.8) is 0 Å². The Morgan fingerprint density at radius 1 is 1.21 bits per heavy atom. The fourth-order valence-corrected chi connectivity index (χ4v) is 4.50. The maximum Gasteiger partial charge on any atom is 0.324 e. The fourth-order valence-electron chi connectivity index (χ4n) is 4.50. The Labute approximate surface area is 166 Å². The molecule has 2 saturated heterocycles. The van der Waals surface area contributed by atoms with Gasteiger partial charge in [0.15, 0.2) is 0 Å². The summed E-state index contributed by atoms with van der Waals surface area (Å²) in [5.41, 5.74) is 8.48. The van der Waals surface area contributed by atoms with Crippen LogP contribution in [0.3, 0.4) is 0 Å². The molecule has 2 aromatic rings. The first-order valence-corrected chi connectivity index (χ1v) is 10.6. The van der Waals surface area contributed by atoms with Crippen LogP contribution < -0.4 is 10.6 Å². The first-order valence-electron chi connectivity index (χ1n) is 10.6. The Bertz CT molecular complexity index is 820. The van der Waals surface area contributed by atoms with Crippen LogP contribution in [-0.4, -0.2) is 65.9 Å². The number of nitrogens with two attached hydrogens (primary N) is 1. The Morgan fingerprint density at radius 3 is 2.64 bits per heavy atom. The molecular formula is C21H31N5O2. The summed E-state index contributed by atoms with van der Waals surface area (Å²) in [6.07, 6.45) is 5.18. The van der Waals surface area contributed by atoms with E-state index in [9.17, 15) is 4.79 Å². The first-order chi connectivity index (χ1) is 13.7. The van der Waals surface area contributed by atoms with Crippen LogP contribution in [0.1, 0.15) is 38.4 Å². The second-order valence-electron chi connectivity index (χ2n) is 7.84. The summed E-state index contributed by atoms with van der Waals surface area (Å²) < 4.78 is 7.05. The highest BCUT2D eigenvalue weighted by molar-refractivity contribution is 5.90. The quantitative estimate of drug-likeness (QED) is 0.856. The lowest BCUT2D eigenvalue weighted by atomic mass is 10.0. The minimum atomic E-state index is -0.451. The highest BCUT2D eigenvalue weighted by Crippen LogP contribution is 2.27. The third-order valence-corrected chi connectivity index (χ3v) is 6.07. The number of carbonyl (C=O) groups excluding carboxylic acids is 1. The zero-order valence-electron chi connectivity index (χ0n) is 16.8. The minimum absolute atomic E-state index is 0.451. The van der Waals surface area contributed by atoms with Crippen molar-refractivity contribution in [2.75, 3.05) is 44.3 Å². The lowest BCUT2D eigenvalue weighted by Gasteiger charge is -2.40. The summed E-state index contributed by atoms with van der Waals surface area (Å²) in [4.78, 5) is 21.7. The number of hydrogen-bond acceptors (Lipinski definition) is 5. The van der Waals surface area contributed by atoms with Gasteiger partial charge in [0.05, 0.1) is 24.2 Å². The van der Waals surface area contributed by atoms with Crippen LogP contribution in [0, 0.1) is 0 Å². The lowest BCUT2D eigenvalue weighted by Crippen LogP contribution is -2.49. The molecule has 2 aliphatic rings. The van der Waals surface area contributed by atoms with Crippen LogP contribution in [0.25, 0.3) is 11.0 Å². The third-order valence-electron chi connectivity index (χ3n) is 6.07. The van der Waals surface area contributed by atoms with E-state index in [4.69, 9.17) is 15.5 Å². The number of amides is 1. The monoisotopic (exact) mass is 385 g/mol. The van der Waals surface area contributed by atoms with Crippen molar-refractivity contribution in [1.29, 1.82) is 0 Å². The lowest BCUT2D eigenvalue weighted by molar-refractivity contribution is 0.0115. The van der Waals surface area contributed by atoms with Gasteiger partial charge < -0.3 is 15.4 Å². The van der Waals surface area contributed by atoms with Gasteiger partial charge >= 0.3 is 6.03 Å². The van der Waals surface area contributed by atoms with Crippen molar-refractivity contribution < 1.29 is 9.53 Å².